The number of aromatic amines is 1. The number of aromatic nitrogens is 1. The molecule has 0 saturated carbocycles. The molecule has 1 saturated heterocycles. The van der Waals surface area contributed by atoms with Crippen LogP contribution in [0.3, 0.4) is 0 Å². The van der Waals surface area contributed by atoms with E-state index in [4.69, 9.17) is 4.42 Å². The Morgan fingerprint density at radius 2 is 2.04 bits per heavy atom. The van der Waals surface area contributed by atoms with Crippen LogP contribution in [0, 0.1) is 0 Å². The Hall–Kier alpha value is -2.13. The van der Waals surface area contributed by atoms with Gasteiger partial charge < -0.3 is 9.32 Å². The quantitative estimate of drug-likeness (QED) is 0.877. The minimum atomic E-state index is -3.69. The van der Waals surface area contributed by atoms with Crippen molar-refractivity contribution in [1.29, 1.82) is 0 Å². The fraction of sp³-hybridized carbons (Fsp3) is 0.467. The van der Waals surface area contributed by atoms with E-state index in [-0.39, 0.29) is 17.3 Å². The van der Waals surface area contributed by atoms with Crippen molar-refractivity contribution in [2.24, 2.45) is 0 Å². The maximum Gasteiger partial charge on any atom is 0.417 e. The third kappa shape index (κ3) is 3.09. The average Bonchev–Trinajstić information content (AvgIpc) is 2.77. The molecular formula is C15H19N3O5S. The summed E-state index contributed by atoms with van der Waals surface area (Å²) in [6, 6.07) is 4.29. The van der Waals surface area contributed by atoms with Crippen molar-refractivity contribution in [2.45, 2.75) is 24.7 Å². The van der Waals surface area contributed by atoms with Gasteiger partial charge in [0.1, 0.15) is 0 Å². The van der Waals surface area contributed by atoms with E-state index < -0.39 is 15.8 Å². The van der Waals surface area contributed by atoms with Crippen LogP contribution in [0.2, 0.25) is 0 Å². The van der Waals surface area contributed by atoms with Crippen LogP contribution < -0.4 is 5.76 Å². The molecule has 0 radical (unpaired) electrons. The van der Waals surface area contributed by atoms with Gasteiger partial charge in [-0.15, -0.1) is 0 Å². The smallest absolute Gasteiger partial charge is 0.408 e. The van der Waals surface area contributed by atoms with Crippen LogP contribution in [-0.2, 0) is 14.8 Å². The summed E-state index contributed by atoms with van der Waals surface area (Å²) < 4.78 is 31.9. The van der Waals surface area contributed by atoms with E-state index in [0.717, 1.165) is 0 Å². The average molecular weight is 353 g/mol. The second-order valence-electron chi connectivity index (χ2n) is 5.66. The fourth-order valence-corrected chi connectivity index (χ4v) is 4.34. The van der Waals surface area contributed by atoms with Crippen molar-refractivity contribution in [2.75, 3.05) is 26.2 Å². The van der Waals surface area contributed by atoms with Crippen molar-refractivity contribution in [3.63, 3.8) is 0 Å². The Kier molecular flexibility index (Phi) is 4.46. The summed E-state index contributed by atoms with van der Waals surface area (Å²) in [5.74, 6) is -0.588. The molecule has 1 aliphatic heterocycles. The van der Waals surface area contributed by atoms with Gasteiger partial charge in [0, 0.05) is 32.6 Å². The van der Waals surface area contributed by atoms with Crippen molar-refractivity contribution in [1.82, 2.24) is 14.2 Å². The van der Waals surface area contributed by atoms with Crippen LogP contribution in [0.1, 0.15) is 19.8 Å². The molecular weight excluding hydrogens is 334 g/mol. The number of sulfonamides is 1. The highest BCUT2D eigenvalue weighted by Gasteiger charge is 2.28. The molecule has 1 amide bonds. The second kappa shape index (κ2) is 6.40. The van der Waals surface area contributed by atoms with Gasteiger partial charge in [-0.3, -0.25) is 9.78 Å². The summed E-state index contributed by atoms with van der Waals surface area (Å²) in [6.45, 7) is 3.36. The summed E-state index contributed by atoms with van der Waals surface area (Å²) >= 11 is 0. The van der Waals surface area contributed by atoms with Crippen LogP contribution in [0.5, 0.6) is 0 Å². The minimum Gasteiger partial charge on any atom is -0.408 e. The zero-order valence-corrected chi connectivity index (χ0v) is 14.1. The lowest BCUT2D eigenvalue weighted by Crippen LogP contribution is -2.37. The third-order valence-corrected chi connectivity index (χ3v) is 6.03. The highest BCUT2D eigenvalue weighted by Crippen LogP contribution is 2.21. The number of fused-ring (bicyclic) bond motifs is 1. The number of nitrogens with one attached hydrogen (secondary N) is 1. The molecule has 0 aliphatic carbocycles. The van der Waals surface area contributed by atoms with Gasteiger partial charge in [0.25, 0.3) is 0 Å². The van der Waals surface area contributed by atoms with E-state index >= 15 is 0 Å². The van der Waals surface area contributed by atoms with Crippen LogP contribution in [0.15, 0.2) is 32.3 Å². The zero-order chi connectivity index (χ0) is 17.3. The van der Waals surface area contributed by atoms with E-state index in [1.165, 1.54) is 22.5 Å². The molecule has 8 nitrogen and oxygen atoms in total. The van der Waals surface area contributed by atoms with Crippen molar-refractivity contribution in [3.05, 3.63) is 28.7 Å². The number of hydrogen-bond donors (Lipinski definition) is 1. The Labute approximate surface area is 139 Å². The summed E-state index contributed by atoms with van der Waals surface area (Å²) in [6.07, 6.45) is 1.01. The van der Waals surface area contributed by atoms with Crippen LogP contribution in [0.25, 0.3) is 11.1 Å². The number of oxazole rings is 1. The largest absolute Gasteiger partial charge is 0.417 e. The number of amides is 1. The number of carbonyl (C=O) groups is 1. The first-order chi connectivity index (χ1) is 11.4. The number of rotatable bonds is 3. The van der Waals surface area contributed by atoms with E-state index in [1.807, 2.05) is 0 Å². The molecule has 1 N–H and O–H groups in total. The molecule has 2 heterocycles. The van der Waals surface area contributed by atoms with E-state index in [0.29, 0.717) is 43.6 Å². The maximum atomic E-state index is 12.8. The molecule has 0 unspecified atom stereocenters. The lowest BCUT2D eigenvalue weighted by atomic mass is 10.3. The molecule has 0 atom stereocenters. The summed E-state index contributed by atoms with van der Waals surface area (Å²) in [5.41, 5.74) is 0.660. The monoisotopic (exact) mass is 353 g/mol. The molecule has 1 fully saturated rings. The number of hydrogen-bond acceptors (Lipinski definition) is 5. The second-order valence-corrected chi connectivity index (χ2v) is 7.60. The van der Waals surface area contributed by atoms with Gasteiger partial charge in [-0.1, -0.05) is 6.92 Å². The van der Waals surface area contributed by atoms with E-state index in [9.17, 15) is 18.0 Å². The first-order valence-electron chi connectivity index (χ1n) is 7.82. The molecule has 0 spiro atoms. The van der Waals surface area contributed by atoms with Crippen LogP contribution >= 0.6 is 0 Å². The summed E-state index contributed by atoms with van der Waals surface area (Å²) in [5, 5.41) is 0. The molecule has 1 aliphatic rings. The number of H-pyrrole nitrogens is 1. The van der Waals surface area contributed by atoms with Crippen molar-refractivity contribution in [3.8, 4) is 0 Å². The van der Waals surface area contributed by atoms with Gasteiger partial charge in [-0.25, -0.2) is 13.2 Å². The fourth-order valence-electron chi connectivity index (χ4n) is 2.85. The van der Waals surface area contributed by atoms with Gasteiger partial charge in [0.05, 0.1) is 10.4 Å². The molecule has 2 aromatic rings. The molecule has 24 heavy (non-hydrogen) atoms. The Balaban J connectivity index is 1.86. The highest BCUT2D eigenvalue weighted by molar-refractivity contribution is 7.89. The maximum absolute atomic E-state index is 12.8. The van der Waals surface area contributed by atoms with E-state index in [2.05, 4.69) is 4.98 Å². The number of benzene rings is 1. The number of carbonyl (C=O) groups excluding carboxylic acids is 1. The van der Waals surface area contributed by atoms with Gasteiger partial charge >= 0.3 is 5.76 Å². The zero-order valence-electron chi connectivity index (χ0n) is 13.3. The molecule has 1 aromatic carbocycles. The Morgan fingerprint density at radius 1 is 1.25 bits per heavy atom. The molecule has 3 rings (SSSR count). The summed E-state index contributed by atoms with van der Waals surface area (Å²) in [4.78, 5) is 27.3. The topological polar surface area (TPSA) is 104 Å². The Morgan fingerprint density at radius 3 is 2.79 bits per heavy atom. The lowest BCUT2D eigenvalue weighted by molar-refractivity contribution is -0.130. The Bertz CT molecular complexity index is 915. The predicted octanol–water partition coefficient (Wildman–Crippen LogP) is 0.754. The standard InChI is InChI=1S/C15H19N3O5S/c1-2-14(19)17-6-3-7-18(9-8-17)24(21,22)11-4-5-13-12(10-11)16-15(20)23-13/h4-5,10H,2-3,6-9H2,1H3,(H,16,20). The predicted molar refractivity (Wildman–Crippen MR) is 87.1 cm³/mol. The third-order valence-electron chi connectivity index (χ3n) is 4.14. The van der Waals surface area contributed by atoms with Gasteiger partial charge in [0.15, 0.2) is 5.58 Å². The molecule has 9 heteroatoms. The first-order valence-corrected chi connectivity index (χ1v) is 9.26. The highest BCUT2D eigenvalue weighted by atomic mass is 32.2. The van der Waals surface area contributed by atoms with E-state index in [1.54, 1.807) is 11.8 Å². The van der Waals surface area contributed by atoms with Crippen LogP contribution in [0.4, 0.5) is 0 Å². The van der Waals surface area contributed by atoms with Gasteiger partial charge in [-0.05, 0) is 24.6 Å². The van der Waals surface area contributed by atoms with Crippen molar-refractivity contribution >= 4 is 27.0 Å². The SMILES string of the molecule is CCC(=O)N1CCCN(S(=O)(=O)c2ccc3oc(=O)[nH]c3c2)CC1. The number of nitrogens with zero attached hydrogens (tertiary/aromatic N) is 2. The molecule has 0 bridgehead atoms. The van der Waals surface area contributed by atoms with Gasteiger partial charge in [0.2, 0.25) is 15.9 Å². The summed E-state index contributed by atoms with van der Waals surface area (Å²) in [7, 11) is -3.69. The van der Waals surface area contributed by atoms with Crippen molar-refractivity contribution < 1.29 is 17.6 Å². The normalized spacial score (nSPS) is 17.1. The molecule has 130 valence electrons. The van der Waals surface area contributed by atoms with Gasteiger partial charge in [-0.2, -0.15) is 4.31 Å². The molecule has 1 aromatic heterocycles. The lowest BCUT2D eigenvalue weighted by Gasteiger charge is -2.21. The van der Waals surface area contributed by atoms with Crippen LogP contribution in [-0.4, -0.2) is 54.7 Å². The first kappa shape index (κ1) is 16.7. The minimum absolute atomic E-state index is 0.0339.